The number of fused-ring (bicyclic) bond motifs is 1. The highest BCUT2D eigenvalue weighted by Gasteiger charge is 2.37. The number of aromatic nitrogens is 2. The Labute approximate surface area is 213 Å². The van der Waals surface area contributed by atoms with Gasteiger partial charge in [-0.1, -0.05) is 29.8 Å². The Hall–Kier alpha value is -3.21. The number of halogens is 5. The molecule has 0 unspecified atom stereocenters. The number of aliphatic hydroxyl groups is 1. The van der Waals surface area contributed by atoms with E-state index < -0.39 is 48.3 Å². The van der Waals surface area contributed by atoms with Crippen molar-refractivity contribution in [3.05, 3.63) is 81.0 Å². The lowest BCUT2D eigenvalue weighted by Crippen LogP contribution is -2.49. The van der Waals surface area contributed by atoms with E-state index in [9.17, 15) is 27.9 Å². The van der Waals surface area contributed by atoms with Crippen molar-refractivity contribution in [3.63, 3.8) is 0 Å². The number of hydrogen-bond donors (Lipinski definition) is 2. The summed E-state index contributed by atoms with van der Waals surface area (Å²) in [5.41, 5.74) is 1.19. The monoisotopic (exact) mass is 538 g/mol. The molecule has 7 nitrogen and oxygen atoms in total. The van der Waals surface area contributed by atoms with Crippen LogP contribution in [-0.4, -0.2) is 44.4 Å². The second kappa shape index (κ2) is 10.4. The molecule has 2 atom stereocenters. The maximum absolute atomic E-state index is 14.3. The van der Waals surface area contributed by atoms with Crippen LogP contribution in [0.15, 0.2) is 42.6 Å². The van der Waals surface area contributed by atoms with E-state index >= 15 is 0 Å². The van der Waals surface area contributed by atoms with E-state index in [2.05, 4.69) is 15.3 Å². The fourth-order valence-corrected chi connectivity index (χ4v) is 4.34. The highest BCUT2D eigenvalue weighted by Crippen LogP contribution is 2.32. The van der Waals surface area contributed by atoms with E-state index in [1.54, 1.807) is 18.2 Å². The Kier molecular flexibility index (Phi) is 7.49. The molecule has 36 heavy (non-hydrogen) atoms. The first kappa shape index (κ1) is 25.9. The number of aliphatic hydroxyl groups excluding tert-OH is 1. The van der Waals surface area contributed by atoms with Crippen LogP contribution in [0.25, 0.3) is 11.3 Å². The molecule has 4 rings (SSSR count). The van der Waals surface area contributed by atoms with Crippen molar-refractivity contribution in [2.24, 2.45) is 0 Å². The molecule has 1 aromatic heterocycles. The van der Waals surface area contributed by atoms with Gasteiger partial charge in [0.05, 0.1) is 29.6 Å². The number of carbonyl (C=O) groups excluding carboxylic acids is 2. The van der Waals surface area contributed by atoms with Crippen LogP contribution < -0.4 is 5.32 Å². The SMILES string of the molecule is C[C@@H](NC(=O)[C@@H](CO)N1Cc2ccc(-c3nc(Cl)ncc3Cl)cc2C1=O)c1cc(C(F)F)ccc1F. The third kappa shape index (κ3) is 5.02. The van der Waals surface area contributed by atoms with Crippen molar-refractivity contribution in [1.29, 1.82) is 0 Å². The molecule has 0 fully saturated rings. The minimum atomic E-state index is -2.81. The van der Waals surface area contributed by atoms with Gasteiger partial charge in [0, 0.05) is 28.8 Å². The van der Waals surface area contributed by atoms with Crippen LogP contribution in [0.4, 0.5) is 13.2 Å². The predicted octanol–water partition coefficient (Wildman–Crippen LogP) is 4.72. The first-order valence-electron chi connectivity index (χ1n) is 10.7. The lowest BCUT2D eigenvalue weighted by Gasteiger charge is -2.27. The van der Waals surface area contributed by atoms with Gasteiger partial charge in [-0.25, -0.2) is 23.1 Å². The molecule has 2 aromatic carbocycles. The normalized spacial score (nSPS) is 14.7. The average molecular weight is 539 g/mol. The van der Waals surface area contributed by atoms with Gasteiger partial charge in [-0.05, 0) is 42.3 Å². The van der Waals surface area contributed by atoms with Crippen LogP contribution in [-0.2, 0) is 11.3 Å². The Bertz CT molecular complexity index is 1340. The number of alkyl halides is 2. The third-order valence-electron chi connectivity index (χ3n) is 5.88. The van der Waals surface area contributed by atoms with Gasteiger partial charge in [-0.2, -0.15) is 0 Å². The van der Waals surface area contributed by atoms with Crippen molar-refractivity contribution in [2.45, 2.75) is 32.0 Å². The number of carbonyl (C=O) groups is 2. The van der Waals surface area contributed by atoms with Crippen LogP contribution in [0, 0.1) is 5.82 Å². The number of benzene rings is 2. The topological polar surface area (TPSA) is 95.4 Å². The smallest absolute Gasteiger partial charge is 0.263 e. The van der Waals surface area contributed by atoms with Gasteiger partial charge in [0.1, 0.15) is 11.9 Å². The van der Waals surface area contributed by atoms with E-state index in [0.717, 1.165) is 18.2 Å². The molecule has 0 bridgehead atoms. The largest absolute Gasteiger partial charge is 0.394 e. The van der Waals surface area contributed by atoms with Crippen LogP contribution >= 0.6 is 23.2 Å². The summed E-state index contributed by atoms with van der Waals surface area (Å²) in [6, 6.07) is 5.47. The molecule has 2 N–H and O–H groups in total. The summed E-state index contributed by atoms with van der Waals surface area (Å²) in [4.78, 5) is 35.2. The van der Waals surface area contributed by atoms with Crippen molar-refractivity contribution in [1.82, 2.24) is 20.2 Å². The van der Waals surface area contributed by atoms with Crippen LogP contribution in [0.2, 0.25) is 10.3 Å². The molecule has 2 heterocycles. The zero-order valence-corrected chi connectivity index (χ0v) is 20.2. The molecular weight excluding hydrogens is 520 g/mol. The van der Waals surface area contributed by atoms with Gasteiger partial charge >= 0.3 is 0 Å². The van der Waals surface area contributed by atoms with Gasteiger partial charge in [0.2, 0.25) is 11.2 Å². The molecule has 1 aliphatic heterocycles. The summed E-state index contributed by atoms with van der Waals surface area (Å²) in [5, 5.41) is 12.6. The lowest BCUT2D eigenvalue weighted by atomic mass is 10.0. The van der Waals surface area contributed by atoms with Gasteiger partial charge in [-0.15, -0.1) is 0 Å². The zero-order chi connectivity index (χ0) is 26.1. The minimum Gasteiger partial charge on any atom is -0.394 e. The number of amides is 2. The third-order valence-corrected chi connectivity index (χ3v) is 6.34. The molecule has 0 aliphatic carbocycles. The second-order valence-electron chi connectivity index (χ2n) is 8.15. The number of nitrogens with one attached hydrogen (secondary N) is 1. The summed E-state index contributed by atoms with van der Waals surface area (Å²) >= 11 is 12.0. The van der Waals surface area contributed by atoms with Crippen molar-refractivity contribution >= 4 is 35.0 Å². The van der Waals surface area contributed by atoms with Crippen molar-refractivity contribution < 1.29 is 27.9 Å². The summed E-state index contributed by atoms with van der Waals surface area (Å²) < 4.78 is 40.3. The first-order chi connectivity index (χ1) is 17.1. The second-order valence-corrected chi connectivity index (χ2v) is 8.90. The summed E-state index contributed by atoms with van der Waals surface area (Å²) in [5.74, 6) is -2.05. The molecule has 12 heteroatoms. The molecule has 2 amide bonds. The highest BCUT2D eigenvalue weighted by atomic mass is 35.5. The molecule has 188 valence electrons. The van der Waals surface area contributed by atoms with E-state index in [-0.39, 0.29) is 28.0 Å². The van der Waals surface area contributed by atoms with Gasteiger partial charge < -0.3 is 15.3 Å². The van der Waals surface area contributed by atoms with Gasteiger partial charge in [-0.3, -0.25) is 9.59 Å². The van der Waals surface area contributed by atoms with Crippen LogP contribution in [0.3, 0.4) is 0 Å². The molecule has 1 aliphatic rings. The molecule has 3 aromatic rings. The Morgan fingerprint density at radius 3 is 2.67 bits per heavy atom. The van der Waals surface area contributed by atoms with E-state index in [0.29, 0.717) is 16.8 Å². The number of hydrogen-bond acceptors (Lipinski definition) is 5. The standard InChI is InChI=1S/C24H19Cl2F3N4O3/c1-11(15-7-13(21(28)29)4-5-18(15)27)31-22(35)19(10-34)33-9-14-3-2-12(6-16(14)23(33)36)20-17(25)8-30-24(26)32-20/h2-8,11,19,21,34H,9-10H2,1H3,(H,31,35)/t11-,19-/m1/s1. The molecule has 0 saturated carbocycles. The predicted molar refractivity (Wildman–Crippen MR) is 126 cm³/mol. The molecule has 0 radical (unpaired) electrons. The Morgan fingerprint density at radius 1 is 1.22 bits per heavy atom. The van der Waals surface area contributed by atoms with Crippen LogP contribution in [0.1, 0.15) is 46.4 Å². The quantitative estimate of drug-likeness (QED) is 0.424. The number of rotatable bonds is 7. The molecule has 0 spiro atoms. The molecular formula is C24H19Cl2F3N4O3. The van der Waals surface area contributed by atoms with E-state index in [1.165, 1.54) is 18.0 Å². The first-order valence-corrected chi connectivity index (χ1v) is 11.5. The van der Waals surface area contributed by atoms with Gasteiger partial charge in [0.15, 0.2) is 0 Å². The summed E-state index contributed by atoms with van der Waals surface area (Å²) in [6.07, 6.45) is -1.47. The van der Waals surface area contributed by atoms with Crippen LogP contribution in [0.5, 0.6) is 0 Å². The van der Waals surface area contributed by atoms with Crippen molar-refractivity contribution in [3.8, 4) is 11.3 Å². The zero-order valence-electron chi connectivity index (χ0n) is 18.7. The Balaban J connectivity index is 1.55. The minimum absolute atomic E-state index is 0.0236. The van der Waals surface area contributed by atoms with Crippen molar-refractivity contribution in [2.75, 3.05) is 6.61 Å². The average Bonchev–Trinajstić information content (AvgIpc) is 3.16. The fourth-order valence-electron chi connectivity index (χ4n) is 4.01. The maximum Gasteiger partial charge on any atom is 0.263 e. The fraction of sp³-hybridized carbons (Fsp3) is 0.250. The van der Waals surface area contributed by atoms with E-state index in [4.69, 9.17) is 23.2 Å². The highest BCUT2D eigenvalue weighted by molar-refractivity contribution is 6.33. The number of nitrogens with zero attached hydrogens (tertiary/aromatic N) is 3. The summed E-state index contributed by atoms with van der Waals surface area (Å²) in [7, 11) is 0. The lowest BCUT2D eigenvalue weighted by molar-refractivity contribution is -0.127. The summed E-state index contributed by atoms with van der Waals surface area (Å²) in [6.45, 7) is 0.746. The Morgan fingerprint density at radius 2 is 1.97 bits per heavy atom. The van der Waals surface area contributed by atoms with E-state index in [1.807, 2.05) is 0 Å². The maximum atomic E-state index is 14.3. The van der Waals surface area contributed by atoms with Gasteiger partial charge in [0.25, 0.3) is 12.3 Å². The molecule has 0 saturated heterocycles.